The minimum absolute atomic E-state index is 0.0734. The van der Waals surface area contributed by atoms with Crippen LogP contribution in [0.1, 0.15) is 0 Å². The maximum atomic E-state index is 15.2. The lowest BCUT2D eigenvalue weighted by molar-refractivity contribution is -0.126. The molecule has 1 saturated heterocycles. The van der Waals surface area contributed by atoms with Gasteiger partial charge in [-0.2, -0.15) is 0 Å². The molecule has 4 heterocycles. The summed E-state index contributed by atoms with van der Waals surface area (Å²) in [4.78, 5) is 37.6. The number of amides is 1. The van der Waals surface area contributed by atoms with Crippen molar-refractivity contribution in [1.29, 1.82) is 0 Å². The summed E-state index contributed by atoms with van der Waals surface area (Å²) in [5, 5.41) is 3.16. The molecule has 1 N–H and O–H groups in total. The maximum absolute atomic E-state index is 15.2. The van der Waals surface area contributed by atoms with Crippen LogP contribution in [0.3, 0.4) is 0 Å². The summed E-state index contributed by atoms with van der Waals surface area (Å²) in [5.74, 6) is 0.391. The van der Waals surface area contributed by atoms with Crippen molar-refractivity contribution in [2.75, 3.05) is 36.4 Å². The Labute approximate surface area is 232 Å². The molecular weight excluding hydrogens is 537 g/mol. The Kier molecular flexibility index (Phi) is 6.60. The summed E-state index contributed by atoms with van der Waals surface area (Å²) in [6.07, 6.45) is 5.98. The van der Waals surface area contributed by atoms with Crippen LogP contribution in [-0.2, 0) is 11.8 Å². The van der Waals surface area contributed by atoms with E-state index in [1.807, 2.05) is 22.6 Å². The van der Waals surface area contributed by atoms with Gasteiger partial charge in [-0.15, -0.1) is 0 Å². The molecule has 3 aromatic heterocycles. The monoisotopic (exact) mass is 559 g/mol. The van der Waals surface area contributed by atoms with E-state index in [-0.39, 0.29) is 16.7 Å². The number of fused-ring (bicyclic) bond motifs is 2. The van der Waals surface area contributed by atoms with E-state index in [1.165, 1.54) is 18.5 Å². The molecule has 40 heavy (non-hydrogen) atoms. The van der Waals surface area contributed by atoms with Crippen LogP contribution in [0.4, 0.5) is 21.8 Å². The second kappa shape index (κ2) is 10.4. The van der Waals surface area contributed by atoms with E-state index < -0.39 is 5.82 Å². The average Bonchev–Trinajstić information content (AvgIpc) is 3.34. The topological polar surface area (TPSA) is 114 Å². The van der Waals surface area contributed by atoms with Crippen LogP contribution >= 0.6 is 11.6 Å². The average molecular weight is 560 g/mol. The zero-order chi connectivity index (χ0) is 27.8. The first-order chi connectivity index (χ1) is 19.4. The molecule has 0 unspecified atom stereocenters. The molecule has 0 bridgehead atoms. The van der Waals surface area contributed by atoms with Gasteiger partial charge in [-0.25, -0.2) is 29.3 Å². The zero-order valence-electron chi connectivity index (χ0n) is 21.4. The summed E-state index contributed by atoms with van der Waals surface area (Å²) >= 11 is 6.44. The standard InChI is InChI=1S/C27H23ClFN9O2/c1-3-23(39)37-6-8-38(9-7-37)27-30-13-21-24(35-27)26(32-14-31-21)34-16-10-18(28)25(19(29)11-16)40-17-4-5-22-20(12-17)33-15-36(22)2/h3-5,10-15H,1,6-9H2,2H3,(H,31,32,34). The number of nitrogens with one attached hydrogen (secondary N) is 1. The number of halogens is 2. The van der Waals surface area contributed by atoms with Crippen LogP contribution in [0.2, 0.25) is 5.02 Å². The lowest BCUT2D eigenvalue weighted by atomic mass is 10.2. The van der Waals surface area contributed by atoms with E-state index >= 15 is 4.39 Å². The van der Waals surface area contributed by atoms with Gasteiger partial charge in [0.15, 0.2) is 17.4 Å². The second-order valence-electron chi connectivity index (χ2n) is 9.14. The Morgan fingerprint density at radius 1 is 1.10 bits per heavy atom. The Morgan fingerprint density at radius 3 is 2.70 bits per heavy atom. The molecule has 1 fully saturated rings. The number of carbonyl (C=O) groups excluding carboxylic acids is 1. The Balaban J connectivity index is 1.23. The highest BCUT2D eigenvalue weighted by molar-refractivity contribution is 6.32. The fraction of sp³-hybridized carbons (Fsp3) is 0.185. The quantitative estimate of drug-likeness (QED) is 0.301. The number of ether oxygens (including phenoxy) is 1. The fourth-order valence-electron chi connectivity index (χ4n) is 4.51. The van der Waals surface area contributed by atoms with Crippen molar-refractivity contribution in [3.63, 3.8) is 0 Å². The van der Waals surface area contributed by atoms with Crippen molar-refractivity contribution >= 4 is 57.0 Å². The Morgan fingerprint density at radius 2 is 1.93 bits per heavy atom. The van der Waals surface area contributed by atoms with E-state index in [0.717, 1.165) is 11.0 Å². The summed E-state index contributed by atoms with van der Waals surface area (Å²) < 4.78 is 22.8. The number of carbonyl (C=O) groups is 1. The van der Waals surface area contributed by atoms with Gasteiger partial charge >= 0.3 is 0 Å². The summed E-state index contributed by atoms with van der Waals surface area (Å²) in [7, 11) is 1.89. The molecule has 1 amide bonds. The number of piperazine rings is 1. The molecule has 202 valence electrons. The van der Waals surface area contributed by atoms with Crippen molar-refractivity contribution in [2.24, 2.45) is 7.05 Å². The number of benzene rings is 2. The number of rotatable bonds is 6. The molecule has 0 saturated carbocycles. The second-order valence-corrected chi connectivity index (χ2v) is 9.55. The number of nitrogens with zero attached hydrogens (tertiary/aromatic N) is 8. The van der Waals surface area contributed by atoms with Crippen LogP contribution < -0.4 is 15.0 Å². The first-order valence-electron chi connectivity index (χ1n) is 12.4. The van der Waals surface area contributed by atoms with Gasteiger partial charge in [0.1, 0.15) is 23.1 Å². The van der Waals surface area contributed by atoms with Crippen LogP contribution in [0, 0.1) is 5.82 Å². The molecule has 0 atom stereocenters. The van der Waals surface area contributed by atoms with Crippen molar-refractivity contribution in [3.05, 3.63) is 72.7 Å². The molecule has 13 heteroatoms. The Hall–Kier alpha value is -4.84. The van der Waals surface area contributed by atoms with Crippen molar-refractivity contribution < 1.29 is 13.9 Å². The normalized spacial score (nSPS) is 13.6. The van der Waals surface area contributed by atoms with E-state index in [2.05, 4.69) is 36.8 Å². The predicted molar refractivity (Wildman–Crippen MR) is 150 cm³/mol. The lowest BCUT2D eigenvalue weighted by Gasteiger charge is -2.34. The highest BCUT2D eigenvalue weighted by atomic mass is 35.5. The number of hydrogen-bond acceptors (Lipinski definition) is 9. The van der Waals surface area contributed by atoms with Gasteiger partial charge in [0, 0.05) is 51.0 Å². The largest absolute Gasteiger partial charge is 0.453 e. The van der Waals surface area contributed by atoms with Gasteiger partial charge < -0.3 is 24.4 Å². The summed E-state index contributed by atoms with van der Waals surface area (Å²) in [6, 6.07) is 8.11. The summed E-state index contributed by atoms with van der Waals surface area (Å²) in [5.41, 5.74) is 2.97. The number of aromatic nitrogens is 6. The number of aryl methyl sites for hydroxylation is 1. The van der Waals surface area contributed by atoms with E-state index in [4.69, 9.17) is 16.3 Å². The molecule has 0 radical (unpaired) electrons. The lowest BCUT2D eigenvalue weighted by Crippen LogP contribution is -2.48. The van der Waals surface area contributed by atoms with Crippen LogP contribution in [0.15, 0.2) is 61.8 Å². The molecule has 6 rings (SSSR count). The molecular formula is C27H23ClFN9O2. The fourth-order valence-corrected chi connectivity index (χ4v) is 4.75. The van der Waals surface area contributed by atoms with E-state index in [0.29, 0.717) is 60.4 Å². The highest BCUT2D eigenvalue weighted by Crippen LogP contribution is 2.36. The van der Waals surface area contributed by atoms with Crippen LogP contribution in [0.5, 0.6) is 11.5 Å². The highest BCUT2D eigenvalue weighted by Gasteiger charge is 2.22. The minimum atomic E-state index is -0.656. The van der Waals surface area contributed by atoms with Crippen molar-refractivity contribution in [1.82, 2.24) is 34.4 Å². The molecule has 0 spiro atoms. The van der Waals surface area contributed by atoms with Gasteiger partial charge in [-0.05, 0) is 24.3 Å². The van der Waals surface area contributed by atoms with Gasteiger partial charge in [-0.1, -0.05) is 18.2 Å². The predicted octanol–water partition coefficient (Wildman–Crippen LogP) is 4.47. The van der Waals surface area contributed by atoms with Gasteiger partial charge in [0.25, 0.3) is 0 Å². The van der Waals surface area contributed by atoms with Crippen molar-refractivity contribution in [2.45, 2.75) is 0 Å². The minimum Gasteiger partial charge on any atom is -0.453 e. The molecule has 5 aromatic rings. The van der Waals surface area contributed by atoms with Gasteiger partial charge in [-0.3, -0.25) is 4.79 Å². The first kappa shape index (κ1) is 25.4. The first-order valence-corrected chi connectivity index (χ1v) is 12.8. The van der Waals surface area contributed by atoms with Gasteiger partial charge in [0.2, 0.25) is 11.9 Å². The molecule has 2 aromatic carbocycles. The van der Waals surface area contributed by atoms with Crippen LogP contribution in [0.25, 0.3) is 22.1 Å². The van der Waals surface area contributed by atoms with Crippen LogP contribution in [-0.4, -0.2) is 66.5 Å². The van der Waals surface area contributed by atoms with Crippen molar-refractivity contribution in [3.8, 4) is 11.5 Å². The molecule has 1 aliphatic heterocycles. The maximum Gasteiger partial charge on any atom is 0.246 e. The number of anilines is 3. The summed E-state index contributed by atoms with van der Waals surface area (Å²) in [6.45, 7) is 5.74. The smallest absolute Gasteiger partial charge is 0.246 e. The number of imidazole rings is 1. The Bertz CT molecular complexity index is 1750. The molecule has 0 aliphatic carbocycles. The SMILES string of the molecule is C=CC(=O)N1CCN(c2ncc3ncnc(Nc4cc(F)c(Oc5ccc6c(c5)ncn6C)c(Cl)c4)c3n2)CC1. The molecule has 1 aliphatic rings. The zero-order valence-corrected chi connectivity index (χ0v) is 22.1. The molecule has 11 nitrogen and oxygen atoms in total. The van der Waals surface area contributed by atoms with E-state index in [9.17, 15) is 4.79 Å². The third-order valence-electron chi connectivity index (χ3n) is 6.59. The van der Waals surface area contributed by atoms with Gasteiger partial charge in [0.05, 0.1) is 28.6 Å². The van der Waals surface area contributed by atoms with E-state index in [1.54, 1.807) is 35.6 Å². The number of hydrogen-bond donors (Lipinski definition) is 1. The third kappa shape index (κ3) is 4.84. The third-order valence-corrected chi connectivity index (χ3v) is 6.87.